The van der Waals surface area contributed by atoms with E-state index in [0.717, 1.165) is 39.0 Å². The van der Waals surface area contributed by atoms with Crippen molar-refractivity contribution in [3.63, 3.8) is 0 Å². The zero-order valence-electron chi connectivity index (χ0n) is 17.6. The van der Waals surface area contributed by atoms with E-state index in [4.69, 9.17) is 4.74 Å². The molecule has 3 heterocycles. The Morgan fingerprint density at radius 1 is 1.22 bits per heavy atom. The van der Waals surface area contributed by atoms with Crippen molar-refractivity contribution in [3.05, 3.63) is 86.9 Å². The predicted octanol–water partition coefficient (Wildman–Crippen LogP) is 3.90. The van der Waals surface area contributed by atoms with Gasteiger partial charge in [-0.25, -0.2) is 0 Å². The molecule has 0 saturated carbocycles. The number of carbonyl (C=O) groups is 1. The third-order valence-electron chi connectivity index (χ3n) is 6.06. The van der Waals surface area contributed by atoms with E-state index in [-0.39, 0.29) is 17.6 Å². The van der Waals surface area contributed by atoms with Gasteiger partial charge >= 0.3 is 0 Å². The first-order valence-corrected chi connectivity index (χ1v) is 10.2. The fourth-order valence-electron chi connectivity index (χ4n) is 4.43. The minimum Gasteiger partial charge on any atom is -0.497 e. The van der Waals surface area contributed by atoms with Crippen LogP contribution < -0.4 is 4.74 Å². The standard InChI is InChI=1S/C23H21N5O4/c1-13-20-21(26-25-13)23(29)27(22(20)14-3-5-16(6-4-14)28(30)31)10-9-15-12-24-19-8-7-17(32-2)11-18(15)19/h3-8,11-12,22,24H,9-10H2,1-2H3,(H,25,26)/t22-/m1/s1. The van der Waals surface area contributed by atoms with E-state index >= 15 is 0 Å². The zero-order chi connectivity index (χ0) is 22.4. The molecule has 0 aliphatic carbocycles. The summed E-state index contributed by atoms with van der Waals surface area (Å²) < 4.78 is 5.35. The van der Waals surface area contributed by atoms with Crippen molar-refractivity contribution >= 4 is 22.5 Å². The Hall–Kier alpha value is -4.14. The number of nitro groups is 1. The first-order chi connectivity index (χ1) is 15.5. The number of ether oxygens (including phenoxy) is 1. The molecule has 0 unspecified atom stereocenters. The number of aromatic amines is 2. The van der Waals surface area contributed by atoms with Gasteiger partial charge in [-0.2, -0.15) is 5.10 Å². The molecule has 2 aromatic heterocycles. The van der Waals surface area contributed by atoms with Crippen LogP contribution in [-0.4, -0.2) is 44.6 Å². The smallest absolute Gasteiger partial charge is 0.275 e. The number of nitrogens with one attached hydrogen (secondary N) is 2. The SMILES string of the molecule is COc1ccc2[nH]cc(CCN3C(=O)c4n[nH]c(C)c4[C@H]3c3ccc([N+](=O)[O-])cc3)c2c1. The molecule has 4 aromatic rings. The van der Waals surface area contributed by atoms with E-state index in [1.165, 1.54) is 12.1 Å². The number of nitro benzene ring substituents is 1. The van der Waals surface area contributed by atoms with E-state index < -0.39 is 4.92 Å². The molecule has 1 aliphatic heterocycles. The van der Waals surface area contributed by atoms with Crippen LogP contribution in [-0.2, 0) is 6.42 Å². The third kappa shape index (κ3) is 3.09. The quantitative estimate of drug-likeness (QED) is 0.355. The maximum Gasteiger partial charge on any atom is 0.275 e. The zero-order valence-corrected chi connectivity index (χ0v) is 17.6. The van der Waals surface area contributed by atoms with Crippen LogP contribution in [0.15, 0.2) is 48.7 Å². The topological polar surface area (TPSA) is 117 Å². The summed E-state index contributed by atoms with van der Waals surface area (Å²) >= 11 is 0. The lowest BCUT2D eigenvalue weighted by Gasteiger charge is -2.26. The molecule has 2 N–H and O–H groups in total. The molecule has 9 heteroatoms. The number of non-ortho nitro benzene ring substituents is 1. The highest BCUT2D eigenvalue weighted by atomic mass is 16.6. The van der Waals surface area contributed by atoms with Crippen molar-refractivity contribution in [3.8, 4) is 5.75 Å². The Morgan fingerprint density at radius 3 is 2.72 bits per heavy atom. The molecule has 1 atom stereocenters. The number of rotatable bonds is 6. The maximum atomic E-state index is 13.2. The molecule has 0 radical (unpaired) electrons. The number of hydrogen-bond donors (Lipinski definition) is 2. The summed E-state index contributed by atoms with van der Waals surface area (Å²) in [7, 11) is 1.63. The lowest BCUT2D eigenvalue weighted by atomic mass is 9.98. The van der Waals surface area contributed by atoms with Crippen molar-refractivity contribution < 1.29 is 14.5 Å². The van der Waals surface area contributed by atoms with Gasteiger partial charge in [-0.1, -0.05) is 0 Å². The molecule has 9 nitrogen and oxygen atoms in total. The Kier molecular flexibility index (Phi) is 4.66. The number of aryl methyl sites for hydroxylation is 1. The fourth-order valence-corrected chi connectivity index (χ4v) is 4.43. The Labute approximate surface area is 183 Å². The number of benzene rings is 2. The molecule has 5 rings (SSSR count). The second-order valence-corrected chi connectivity index (χ2v) is 7.84. The van der Waals surface area contributed by atoms with Crippen LogP contribution >= 0.6 is 0 Å². The van der Waals surface area contributed by atoms with Gasteiger partial charge in [0, 0.05) is 47.0 Å². The molecule has 0 spiro atoms. The normalized spacial score (nSPS) is 15.4. The van der Waals surface area contributed by atoms with Crippen molar-refractivity contribution in [1.82, 2.24) is 20.1 Å². The van der Waals surface area contributed by atoms with Crippen LogP contribution in [0.4, 0.5) is 5.69 Å². The molecule has 1 amide bonds. The largest absolute Gasteiger partial charge is 0.497 e. The number of hydrogen-bond acceptors (Lipinski definition) is 5. The van der Waals surface area contributed by atoms with Gasteiger partial charge in [0.05, 0.1) is 18.1 Å². The molecule has 162 valence electrons. The second-order valence-electron chi connectivity index (χ2n) is 7.84. The Bertz CT molecular complexity index is 1340. The molecule has 1 aliphatic rings. The highest BCUT2D eigenvalue weighted by Gasteiger charge is 2.41. The number of amides is 1. The van der Waals surface area contributed by atoms with E-state index in [0.29, 0.717) is 18.7 Å². The average Bonchev–Trinajstić information content (AvgIpc) is 3.46. The predicted molar refractivity (Wildman–Crippen MR) is 118 cm³/mol. The highest BCUT2D eigenvalue weighted by molar-refractivity contribution is 5.98. The average molecular weight is 431 g/mol. The van der Waals surface area contributed by atoms with E-state index in [9.17, 15) is 14.9 Å². The number of H-pyrrole nitrogens is 2. The van der Waals surface area contributed by atoms with Crippen LogP contribution in [0.25, 0.3) is 10.9 Å². The number of nitrogens with zero attached hydrogens (tertiary/aromatic N) is 3. The van der Waals surface area contributed by atoms with Gasteiger partial charge in [0.1, 0.15) is 5.75 Å². The van der Waals surface area contributed by atoms with Gasteiger partial charge in [-0.05, 0) is 54.8 Å². The van der Waals surface area contributed by atoms with Gasteiger partial charge in [0.15, 0.2) is 5.69 Å². The van der Waals surface area contributed by atoms with Crippen LogP contribution in [0.2, 0.25) is 0 Å². The van der Waals surface area contributed by atoms with Gasteiger partial charge in [0.25, 0.3) is 11.6 Å². The van der Waals surface area contributed by atoms with Crippen LogP contribution in [0.1, 0.15) is 38.9 Å². The first kappa shape index (κ1) is 19.8. The van der Waals surface area contributed by atoms with E-state index in [2.05, 4.69) is 15.2 Å². The molecule has 0 bridgehead atoms. The lowest BCUT2D eigenvalue weighted by molar-refractivity contribution is -0.384. The summed E-state index contributed by atoms with van der Waals surface area (Å²) in [5.41, 5.74) is 4.96. The van der Waals surface area contributed by atoms with Gasteiger partial charge in [-0.3, -0.25) is 20.0 Å². The van der Waals surface area contributed by atoms with Crippen molar-refractivity contribution in [2.45, 2.75) is 19.4 Å². The van der Waals surface area contributed by atoms with Crippen molar-refractivity contribution in [2.24, 2.45) is 0 Å². The third-order valence-corrected chi connectivity index (χ3v) is 6.06. The molecular weight excluding hydrogens is 410 g/mol. The summed E-state index contributed by atoms with van der Waals surface area (Å²) in [5, 5.41) is 19.2. The summed E-state index contributed by atoms with van der Waals surface area (Å²) in [5.74, 6) is 0.625. The molecule has 32 heavy (non-hydrogen) atoms. The molecule has 0 saturated heterocycles. The Morgan fingerprint density at radius 2 is 2.00 bits per heavy atom. The van der Waals surface area contributed by atoms with Gasteiger partial charge < -0.3 is 14.6 Å². The summed E-state index contributed by atoms with van der Waals surface area (Å²) in [4.78, 5) is 28.9. The summed E-state index contributed by atoms with van der Waals surface area (Å²) in [6, 6.07) is 11.9. The summed E-state index contributed by atoms with van der Waals surface area (Å²) in [6.07, 6.45) is 2.59. The maximum absolute atomic E-state index is 13.2. The number of carbonyl (C=O) groups excluding carboxylic acids is 1. The fraction of sp³-hybridized carbons (Fsp3) is 0.217. The monoisotopic (exact) mass is 431 g/mol. The number of fused-ring (bicyclic) bond motifs is 2. The van der Waals surface area contributed by atoms with E-state index in [1.54, 1.807) is 24.1 Å². The van der Waals surface area contributed by atoms with E-state index in [1.807, 2.05) is 31.3 Å². The van der Waals surface area contributed by atoms with Crippen molar-refractivity contribution in [2.75, 3.05) is 13.7 Å². The van der Waals surface area contributed by atoms with Gasteiger partial charge in [0.2, 0.25) is 0 Å². The number of methoxy groups -OCH3 is 1. The Balaban J connectivity index is 1.48. The lowest BCUT2D eigenvalue weighted by Crippen LogP contribution is -2.31. The van der Waals surface area contributed by atoms with Crippen LogP contribution in [0.5, 0.6) is 5.75 Å². The molecule has 2 aromatic carbocycles. The summed E-state index contributed by atoms with van der Waals surface area (Å²) in [6.45, 7) is 2.35. The minimum absolute atomic E-state index is 0.0153. The first-order valence-electron chi connectivity index (χ1n) is 10.2. The van der Waals surface area contributed by atoms with Crippen LogP contribution in [0.3, 0.4) is 0 Å². The second kappa shape index (κ2) is 7.52. The number of aromatic nitrogens is 3. The highest BCUT2D eigenvalue weighted by Crippen LogP contribution is 2.40. The minimum atomic E-state index is -0.429. The van der Waals surface area contributed by atoms with Crippen LogP contribution in [0, 0.1) is 17.0 Å². The van der Waals surface area contributed by atoms with Gasteiger partial charge in [-0.15, -0.1) is 0 Å². The molecule has 0 fully saturated rings. The molecular formula is C23H21N5O4. The van der Waals surface area contributed by atoms with Crippen molar-refractivity contribution in [1.29, 1.82) is 0 Å².